The molecule has 18 heavy (non-hydrogen) atoms. The number of nitrogens with zero attached hydrogens (tertiary/aromatic N) is 2. The van der Waals surface area contributed by atoms with Gasteiger partial charge in [-0.1, -0.05) is 11.6 Å². The first-order valence-electron chi connectivity index (χ1n) is 5.35. The monoisotopic (exact) mass is 278 g/mol. The zero-order valence-corrected chi connectivity index (χ0v) is 11.6. The summed E-state index contributed by atoms with van der Waals surface area (Å²) < 4.78 is 5.62. The molecule has 0 fully saturated rings. The van der Waals surface area contributed by atoms with Crippen LogP contribution in [-0.2, 0) is 6.61 Å². The quantitative estimate of drug-likeness (QED) is 0.856. The van der Waals surface area contributed by atoms with Gasteiger partial charge in [-0.2, -0.15) is 5.26 Å². The molecule has 0 aliphatic heterocycles. The zero-order valence-electron chi connectivity index (χ0n) is 10.0. The van der Waals surface area contributed by atoms with Crippen molar-refractivity contribution in [1.29, 1.82) is 5.26 Å². The molecule has 1 aromatic carbocycles. The number of aryl methyl sites for hydroxylation is 2. The molecule has 0 saturated carbocycles. The number of benzene rings is 1. The topological polar surface area (TPSA) is 45.9 Å². The molecule has 1 aromatic heterocycles. The van der Waals surface area contributed by atoms with E-state index >= 15 is 0 Å². The molecule has 0 bridgehead atoms. The number of thiazole rings is 1. The first-order chi connectivity index (χ1) is 8.60. The Hall–Kier alpha value is -1.57. The molecule has 1 heterocycles. The highest BCUT2D eigenvalue weighted by atomic mass is 35.5. The first kappa shape index (κ1) is 12.9. The lowest BCUT2D eigenvalue weighted by molar-refractivity contribution is 0.305. The van der Waals surface area contributed by atoms with Crippen LogP contribution in [0.1, 0.15) is 21.1 Å². The van der Waals surface area contributed by atoms with Crippen molar-refractivity contribution >= 4 is 22.9 Å². The van der Waals surface area contributed by atoms with E-state index in [0.29, 0.717) is 11.5 Å². The third-order valence-electron chi connectivity index (χ3n) is 2.43. The minimum Gasteiger partial charge on any atom is -0.486 e. The number of ether oxygens (including phenoxy) is 1. The van der Waals surface area contributed by atoms with E-state index in [9.17, 15) is 0 Å². The van der Waals surface area contributed by atoms with Crippen molar-refractivity contribution in [2.24, 2.45) is 0 Å². The molecule has 0 aliphatic rings. The maximum atomic E-state index is 8.85. The van der Waals surface area contributed by atoms with Gasteiger partial charge in [-0.05, 0) is 37.6 Å². The fraction of sp³-hybridized carbons (Fsp3) is 0.231. The highest BCUT2D eigenvalue weighted by molar-refractivity contribution is 7.12. The van der Waals surface area contributed by atoms with Gasteiger partial charge in [0.2, 0.25) is 0 Å². The number of hydrogen-bond acceptors (Lipinski definition) is 4. The molecule has 0 saturated heterocycles. The predicted octanol–water partition coefficient (Wildman–Crippen LogP) is 3.86. The van der Waals surface area contributed by atoms with Crippen LogP contribution in [0.2, 0.25) is 5.02 Å². The Morgan fingerprint density at radius 1 is 1.44 bits per heavy atom. The van der Waals surface area contributed by atoms with Gasteiger partial charge in [0, 0.05) is 5.02 Å². The maximum absolute atomic E-state index is 8.85. The van der Waals surface area contributed by atoms with Gasteiger partial charge in [0.1, 0.15) is 28.3 Å². The normalized spacial score (nSPS) is 10.1. The van der Waals surface area contributed by atoms with Crippen LogP contribution in [0.3, 0.4) is 0 Å². The molecule has 3 nitrogen and oxygen atoms in total. The lowest BCUT2D eigenvalue weighted by Gasteiger charge is -2.05. The van der Waals surface area contributed by atoms with Gasteiger partial charge in [-0.25, -0.2) is 4.98 Å². The van der Waals surface area contributed by atoms with Gasteiger partial charge in [-0.3, -0.25) is 0 Å². The van der Waals surface area contributed by atoms with Crippen molar-refractivity contribution in [2.75, 3.05) is 0 Å². The summed E-state index contributed by atoms with van der Waals surface area (Å²) >= 11 is 7.30. The molecule has 0 unspecified atom stereocenters. The van der Waals surface area contributed by atoms with Gasteiger partial charge in [0.15, 0.2) is 0 Å². The van der Waals surface area contributed by atoms with Gasteiger partial charge >= 0.3 is 0 Å². The van der Waals surface area contributed by atoms with Crippen molar-refractivity contribution in [3.05, 3.63) is 44.4 Å². The van der Waals surface area contributed by atoms with Crippen molar-refractivity contribution in [1.82, 2.24) is 4.98 Å². The van der Waals surface area contributed by atoms with Crippen LogP contribution in [0, 0.1) is 25.2 Å². The van der Waals surface area contributed by atoms with Crippen LogP contribution < -0.4 is 4.74 Å². The lowest BCUT2D eigenvalue weighted by atomic mass is 10.2. The van der Waals surface area contributed by atoms with E-state index in [2.05, 4.69) is 11.1 Å². The Bertz CT molecular complexity index is 616. The second kappa shape index (κ2) is 5.38. The number of hydrogen-bond donors (Lipinski definition) is 0. The van der Waals surface area contributed by atoms with Crippen LogP contribution in [0.4, 0.5) is 0 Å². The Morgan fingerprint density at radius 2 is 2.22 bits per heavy atom. The van der Waals surface area contributed by atoms with E-state index in [-0.39, 0.29) is 0 Å². The van der Waals surface area contributed by atoms with Crippen LogP contribution in [0.25, 0.3) is 0 Å². The second-order valence-corrected chi connectivity index (χ2v) is 5.32. The molecular weight excluding hydrogens is 268 g/mol. The molecule has 0 amide bonds. The van der Waals surface area contributed by atoms with E-state index in [0.717, 1.165) is 27.0 Å². The van der Waals surface area contributed by atoms with Gasteiger partial charge < -0.3 is 4.74 Å². The molecule has 0 spiro atoms. The molecule has 0 radical (unpaired) electrons. The van der Waals surface area contributed by atoms with Crippen LogP contribution in [-0.4, -0.2) is 4.98 Å². The highest BCUT2D eigenvalue weighted by Gasteiger charge is 2.07. The lowest BCUT2D eigenvalue weighted by Crippen LogP contribution is -1.95. The summed E-state index contributed by atoms with van der Waals surface area (Å²) in [4.78, 5) is 4.92. The summed E-state index contributed by atoms with van der Waals surface area (Å²) in [6.45, 7) is 4.12. The fourth-order valence-corrected chi connectivity index (χ4v) is 2.36. The molecule has 2 aromatic rings. The van der Waals surface area contributed by atoms with Crippen molar-refractivity contribution in [3.63, 3.8) is 0 Å². The highest BCUT2D eigenvalue weighted by Crippen LogP contribution is 2.23. The van der Waals surface area contributed by atoms with Crippen LogP contribution in [0.15, 0.2) is 18.2 Å². The summed E-state index contributed by atoms with van der Waals surface area (Å²) in [5, 5.41) is 10.4. The van der Waals surface area contributed by atoms with Crippen molar-refractivity contribution in [3.8, 4) is 11.8 Å². The number of aromatic nitrogens is 1. The molecule has 0 atom stereocenters. The fourth-order valence-electron chi connectivity index (χ4n) is 1.47. The largest absolute Gasteiger partial charge is 0.486 e. The molecule has 92 valence electrons. The van der Waals surface area contributed by atoms with E-state index in [1.807, 2.05) is 26.0 Å². The minimum absolute atomic E-state index is 0.369. The Labute approximate surface area is 115 Å². The van der Waals surface area contributed by atoms with Crippen molar-refractivity contribution < 1.29 is 4.74 Å². The Morgan fingerprint density at radius 3 is 2.83 bits per heavy atom. The predicted molar refractivity (Wildman–Crippen MR) is 72.1 cm³/mol. The summed E-state index contributed by atoms with van der Waals surface area (Å²) in [6.07, 6.45) is 0. The van der Waals surface area contributed by atoms with E-state index in [1.165, 1.54) is 11.3 Å². The van der Waals surface area contributed by atoms with Gasteiger partial charge in [-0.15, -0.1) is 11.3 Å². The summed E-state index contributed by atoms with van der Waals surface area (Å²) in [6, 6.07) is 7.62. The van der Waals surface area contributed by atoms with Crippen LogP contribution in [0.5, 0.6) is 5.75 Å². The van der Waals surface area contributed by atoms with E-state index in [1.54, 1.807) is 6.07 Å². The van der Waals surface area contributed by atoms with Crippen molar-refractivity contribution in [2.45, 2.75) is 20.5 Å². The van der Waals surface area contributed by atoms with Crippen LogP contribution >= 0.6 is 22.9 Å². The van der Waals surface area contributed by atoms with Gasteiger partial charge in [0.25, 0.3) is 0 Å². The average Bonchev–Trinajstić information content (AvgIpc) is 2.71. The Balaban J connectivity index is 2.07. The molecule has 2 rings (SSSR count). The zero-order chi connectivity index (χ0) is 13.1. The summed E-state index contributed by atoms with van der Waals surface area (Å²) in [7, 11) is 0. The first-order valence-corrected chi connectivity index (χ1v) is 6.55. The molecule has 0 N–H and O–H groups in total. The smallest absolute Gasteiger partial charge is 0.140 e. The standard InChI is InChI=1S/C13H11ClN2OS/c1-8-5-10(3-4-11(8)14)17-7-13-16-9(2)12(6-15)18-13/h3-5H,7H2,1-2H3. The number of nitriles is 1. The van der Waals surface area contributed by atoms with E-state index < -0.39 is 0 Å². The molecule has 0 aliphatic carbocycles. The number of rotatable bonds is 3. The summed E-state index contributed by atoms with van der Waals surface area (Å²) in [5.74, 6) is 0.753. The SMILES string of the molecule is Cc1cc(OCc2nc(C)c(C#N)s2)ccc1Cl. The maximum Gasteiger partial charge on any atom is 0.140 e. The Kier molecular flexibility index (Phi) is 3.85. The average molecular weight is 279 g/mol. The number of halogens is 1. The third-order valence-corrected chi connectivity index (χ3v) is 3.89. The second-order valence-electron chi connectivity index (χ2n) is 3.83. The summed E-state index contributed by atoms with van der Waals surface area (Å²) in [5.41, 5.74) is 1.73. The minimum atomic E-state index is 0.369. The third kappa shape index (κ3) is 2.81. The van der Waals surface area contributed by atoms with E-state index in [4.69, 9.17) is 21.6 Å². The molecular formula is C13H11ClN2OS. The molecule has 5 heteroatoms. The van der Waals surface area contributed by atoms with Gasteiger partial charge in [0.05, 0.1) is 5.69 Å².